The Morgan fingerprint density at radius 1 is 1.35 bits per heavy atom. The predicted molar refractivity (Wildman–Crippen MR) is 68.0 cm³/mol. The first-order valence-electron chi connectivity index (χ1n) is 5.97. The Balaban J connectivity index is 2.14. The molecular weight excluding hydrogens is 212 g/mol. The van der Waals surface area contributed by atoms with E-state index in [9.17, 15) is 0 Å². The van der Waals surface area contributed by atoms with Crippen molar-refractivity contribution in [3.63, 3.8) is 0 Å². The van der Waals surface area contributed by atoms with Gasteiger partial charge in [0.05, 0.1) is 17.2 Å². The van der Waals surface area contributed by atoms with Crippen LogP contribution >= 0.6 is 0 Å². The molecule has 3 nitrogen and oxygen atoms in total. The lowest BCUT2D eigenvalue weighted by atomic mass is 9.94. The third-order valence-electron chi connectivity index (χ3n) is 3.51. The second kappa shape index (κ2) is 4.77. The molecule has 1 aromatic carbocycles. The number of nitriles is 1. The number of anilines is 1. The molecule has 2 rings (SSSR count). The van der Waals surface area contributed by atoms with Crippen LogP contribution in [-0.2, 0) is 4.74 Å². The van der Waals surface area contributed by atoms with E-state index in [1.807, 2.05) is 24.3 Å². The number of piperidine rings is 1. The molecule has 0 spiro atoms. The summed E-state index contributed by atoms with van der Waals surface area (Å²) in [5.74, 6) is 0. The van der Waals surface area contributed by atoms with Gasteiger partial charge in [0.15, 0.2) is 0 Å². The summed E-state index contributed by atoms with van der Waals surface area (Å²) in [6.45, 7) is 4.13. The molecule has 1 aromatic rings. The van der Waals surface area contributed by atoms with Gasteiger partial charge in [0.2, 0.25) is 0 Å². The minimum absolute atomic E-state index is 0.0495. The molecule has 0 aliphatic carbocycles. The quantitative estimate of drug-likeness (QED) is 0.783. The van der Waals surface area contributed by atoms with Crippen LogP contribution in [0.2, 0.25) is 0 Å². The molecule has 0 aromatic heterocycles. The van der Waals surface area contributed by atoms with Crippen LogP contribution in [0.3, 0.4) is 0 Å². The number of benzene rings is 1. The van der Waals surface area contributed by atoms with Crippen molar-refractivity contribution >= 4 is 5.69 Å². The van der Waals surface area contributed by atoms with Crippen LogP contribution in [0.15, 0.2) is 24.3 Å². The van der Waals surface area contributed by atoms with Crippen molar-refractivity contribution in [2.45, 2.75) is 25.4 Å². The van der Waals surface area contributed by atoms with Crippen LogP contribution in [-0.4, -0.2) is 25.8 Å². The molecule has 0 N–H and O–H groups in total. The maximum atomic E-state index is 8.78. The van der Waals surface area contributed by atoms with Crippen molar-refractivity contribution in [3.05, 3.63) is 29.8 Å². The molecule has 0 unspecified atom stereocenters. The van der Waals surface area contributed by atoms with Crippen molar-refractivity contribution in [3.8, 4) is 6.07 Å². The number of methoxy groups -OCH3 is 1. The standard InChI is InChI=1S/C14H18N2O/c1-14(17-2)8-3-9-16(11-14)13-6-4-12(10-15)5-7-13/h4-7H,3,8-9,11H2,1-2H3/t14-/m0/s1. The third kappa shape index (κ3) is 2.59. The molecule has 1 saturated heterocycles. The molecule has 0 bridgehead atoms. The van der Waals surface area contributed by atoms with Crippen LogP contribution in [0, 0.1) is 11.3 Å². The molecule has 1 fully saturated rings. The minimum atomic E-state index is -0.0495. The normalized spacial score (nSPS) is 24.4. The molecule has 0 saturated carbocycles. The summed E-state index contributed by atoms with van der Waals surface area (Å²) in [5.41, 5.74) is 1.83. The molecular formula is C14H18N2O. The Labute approximate surface area is 103 Å². The largest absolute Gasteiger partial charge is 0.377 e. The Bertz CT molecular complexity index is 421. The zero-order chi connectivity index (χ0) is 12.3. The Hall–Kier alpha value is -1.53. The highest BCUT2D eigenvalue weighted by Crippen LogP contribution is 2.27. The van der Waals surface area contributed by atoms with Gasteiger partial charge >= 0.3 is 0 Å². The lowest BCUT2D eigenvalue weighted by Gasteiger charge is -2.40. The lowest BCUT2D eigenvalue weighted by molar-refractivity contribution is -0.00465. The first-order chi connectivity index (χ1) is 8.17. The van der Waals surface area contributed by atoms with E-state index >= 15 is 0 Å². The van der Waals surface area contributed by atoms with Crippen LogP contribution in [0.4, 0.5) is 5.69 Å². The number of hydrogen-bond donors (Lipinski definition) is 0. The molecule has 1 atom stereocenters. The number of ether oxygens (including phenoxy) is 1. The van der Waals surface area contributed by atoms with Crippen LogP contribution < -0.4 is 4.90 Å². The fraction of sp³-hybridized carbons (Fsp3) is 0.500. The molecule has 1 aliphatic rings. The van der Waals surface area contributed by atoms with E-state index in [0.717, 1.165) is 25.9 Å². The van der Waals surface area contributed by atoms with Crippen molar-refractivity contribution in [1.82, 2.24) is 0 Å². The van der Waals surface area contributed by atoms with Gasteiger partial charge in [-0.15, -0.1) is 0 Å². The topological polar surface area (TPSA) is 36.3 Å². The Morgan fingerprint density at radius 2 is 2.06 bits per heavy atom. The van der Waals surface area contributed by atoms with Gasteiger partial charge in [-0.1, -0.05) is 0 Å². The summed E-state index contributed by atoms with van der Waals surface area (Å²) in [6, 6.07) is 9.91. The van der Waals surface area contributed by atoms with Crippen LogP contribution in [0.1, 0.15) is 25.3 Å². The highest BCUT2D eigenvalue weighted by Gasteiger charge is 2.30. The fourth-order valence-corrected chi connectivity index (χ4v) is 2.34. The third-order valence-corrected chi connectivity index (χ3v) is 3.51. The number of nitrogens with zero attached hydrogens (tertiary/aromatic N) is 2. The van der Waals surface area contributed by atoms with Crippen molar-refractivity contribution in [1.29, 1.82) is 5.26 Å². The zero-order valence-electron chi connectivity index (χ0n) is 10.4. The van der Waals surface area contributed by atoms with E-state index < -0.39 is 0 Å². The predicted octanol–water partition coefficient (Wildman–Crippen LogP) is 2.56. The van der Waals surface area contributed by atoms with Crippen molar-refractivity contribution in [2.24, 2.45) is 0 Å². The Morgan fingerprint density at radius 3 is 2.65 bits per heavy atom. The zero-order valence-corrected chi connectivity index (χ0v) is 10.4. The Kier molecular flexibility index (Phi) is 3.35. The highest BCUT2D eigenvalue weighted by atomic mass is 16.5. The lowest BCUT2D eigenvalue weighted by Crippen LogP contribution is -2.47. The fourth-order valence-electron chi connectivity index (χ4n) is 2.34. The summed E-state index contributed by atoms with van der Waals surface area (Å²) < 4.78 is 5.58. The molecule has 0 amide bonds. The molecule has 1 heterocycles. The maximum absolute atomic E-state index is 8.78. The number of rotatable bonds is 2. The number of hydrogen-bond acceptors (Lipinski definition) is 3. The second-order valence-electron chi connectivity index (χ2n) is 4.84. The molecule has 90 valence electrons. The van der Waals surface area contributed by atoms with Gasteiger partial charge in [0.25, 0.3) is 0 Å². The van der Waals surface area contributed by atoms with Gasteiger partial charge in [-0.3, -0.25) is 0 Å². The summed E-state index contributed by atoms with van der Waals surface area (Å²) in [7, 11) is 1.78. The molecule has 3 heteroatoms. The second-order valence-corrected chi connectivity index (χ2v) is 4.84. The SMILES string of the molecule is CO[C@@]1(C)CCCN(c2ccc(C#N)cc2)C1. The van der Waals surface area contributed by atoms with Gasteiger partial charge in [-0.25, -0.2) is 0 Å². The van der Waals surface area contributed by atoms with E-state index in [-0.39, 0.29) is 5.60 Å². The maximum Gasteiger partial charge on any atom is 0.0991 e. The molecule has 0 radical (unpaired) electrons. The van der Waals surface area contributed by atoms with Gasteiger partial charge in [0, 0.05) is 25.9 Å². The first kappa shape index (κ1) is 11.9. The first-order valence-corrected chi connectivity index (χ1v) is 5.97. The van der Waals surface area contributed by atoms with Gasteiger partial charge in [-0.2, -0.15) is 5.26 Å². The van der Waals surface area contributed by atoms with Crippen molar-refractivity contribution in [2.75, 3.05) is 25.1 Å². The summed E-state index contributed by atoms with van der Waals surface area (Å²) in [5, 5.41) is 8.78. The van der Waals surface area contributed by atoms with Crippen LogP contribution in [0.5, 0.6) is 0 Å². The van der Waals surface area contributed by atoms with E-state index in [0.29, 0.717) is 5.56 Å². The smallest absolute Gasteiger partial charge is 0.0991 e. The van der Waals surface area contributed by atoms with Gasteiger partial charge in [-0.05, 0) is 44.0 Å². The van der Waals surface area contributed by atoms with E-state index in [1.165, 1.54) is 5.69 Å². The summed E-state index contributed by atoms with van der Waals surface area (Å²) in [4.78, 5) is 2.33. The van der Waals surface area contributed by atoms with E-state index in [2.05, 4.69) is 17.9 Å². The summed E-state index contributed by atoms with van der Waals surface area (Å²) >= 11 is 0. The molecule has 17 heavy (non-hydrogen) atoms. The monoisotopic (exact) mass is 230 g/mol. The minimum Gasteiger partial charge on any atom is -0.377 e. The van der Waals surface area contributed by atoms with Gasteiger partial charge < -0.3 is 9.64 Å². The average molecular weight is 230 g/mol. The van der Waals surface area contributed by atoms with Gasteiger partial charge in [0.1, 0.15) is 0 Å². The van der Waals surface area contributed by atoms with E-state index in [4.69, 9.17) is 10.00 Å². The van der Waals surface area contributed by atoms with Crippen LogP contribution in [0.25, 0.3) is 0 Å². The summed E-state index contributed by atoms with van der Waals surface area (Å²) in [6.07, 6.45) is 2.25. The average Bonchev–Trinajstić information content (AvgIpc) is 2.39. The van der Waals surface area contributed by atoms with Crippen molar-refractivity contribution < 1.29 is 4.74 Å². The highest BCUT2D eigenvalue weighted by molar-refractivity contribution is 5.50. The van der Waals surface area contributed by atoms with E-state index in [1.54, 1.807) is 7.11 Å². The molecule has 1 aliphatic heterocycles.